The first-order valence-corrected chi connectivity index (χ1v) is 7.88. The molecule has 23 heavy (non-hydrogen) atoms. The number of para-hydroxylation sites is 1. The number of amides is 1. The van der Waals surface area contributed by atoms with E-state index in [4.69, 9.17) is 4.74 Å². The summed E-state index contributed by atoms with van der Waals surface area (Å²) in [5, 5.41) is 6.24. The third-order valence-corrected chi connectivity index (χ3v) is 3.71. The van der Waals surface area contributed by atoms with E-state index in [1.54, 1.807) is 7.11 Å². The third-order valence-electron chi connectivity index (χ3n) is 3.71. The Morgan fingerprint density at radius 2 is 1.78 bits per heavy atom. The first kappa shape index (κ1) is 16.9. The number of hydrogen-bond donors (Lipinski definition) is 2. The molecule has 4 nitrogen and oxygen atoms in total. The van der Waals surface area contributed by atoms with Crippen molar-refractivity contribution in [2.24, 2.45) is 0 Å². The van der Waals surface area contributed by atoms with E-state index in [9.17, 15) is 4.79 Å². The van der Waals surface area contributed by atoms with Crippen molar-refractivity contribution in [1.82, 2.24) is 5.32 Å². The minimum Gasteiger partial charge on any atom is -0.497 e. The van der Waals surface area contributed by atoms with Crippen molar-refractivity contribution < 1.29 is 9.53 Å². The van der Waals surface area contributed by atoms with Gasteiger partial charge in [0, 0.05) is 25.2 Å². The van der Waals surface area contributed by atoms with Crippen LogP contribution in [0.3, 0.4) is 0 Å². The molecule has 0 heterocycles. The Kier molecular flexibility index (Phi) is 6.48. The van der Waals surface area contributed by atoms with E-state index in [0.717, 1.165) is 17.9 Å². The Morgan fingerprint density at radius 3 is 2.48 bits per heavy atom. The first-order valence-electron chi connectivity index (χ1n) is 7.88. The molecule has 4 heteroatoms. The number of hydrogen-bond acceptors (Lipinski definition) is 3. The Hall–Kier alpha value is -2.49. The van der Waals surface area contributed by atoms with Crippen molar-refractivity contribution >= 4 is 11.6 Å². The lowest BCUT2D eigenvalue weighted by molar-refractivity contribution is -0.120. The fourth-order valence-corrected chi connectivity index (χ4v) is 2.31. The Labute approximate surface area is 137 Å². The summed E-state index contributed by atoms with van der Waals surface area (Å²) in [6, 6.07) is 16.0. The van der Waals surface area contributed by atoms with Gasteiger partial charge in [0.1, 0.15) is 5.75 Å². The molecule has 0 radical (unpaired) electrons. The van der Waals surface area contributed by atoms with Gasteiger partial charge in [-0.2, -0.15) is 0 Å². The maximum atomic E-state index is 11.8. The van der Waals surface area contributed by atoms with Gasteiger partial charge in [-0.05, 0) is 42.7 Å². The lowest BCUT2D eigenvalue weighted by Gasteiger charge is -2.09. The summed E-state index contributed by atoms with van der Waals surface area (Å²) in [6.45, 7) is 3.34. The van der Waals surface area contributed by atoms with Crippen LogP contribution in [0, 0.1) is 6.92 Å². The van der Waals surface area contributed by atoms with Gasteiger partial charge in [0.25, 0.3) is 0 Å². The number of rotatable bonds is 8. The van der Waals surface area contributed by atoms with Gasteiger partial charge in [0.05, 0.1) is 7.11 Å². The molecule has 0 spiro atoms. The fourth-order valence-electron chi connectivity index (χ4n) is 2.31. The summed E-state index contributed by atoms with van der Waals surface area (Å²) in [5.74, 6) is 0.916. The molecule has 2 rings (SSSR count). The molecule has 0 aliphatic carbocycles. The van der Waals surface area contributed by atoms with Crippen LogP contribution in [0.15, 0.2) is 48.5 Å². The largest absolute Gasteiger partial charge is 0.497 e. The van der Waals surface area contributed by atoms with Gasteiger partial charge in [-0.25, -0.2) is 0 Å². The second-order valence-corrected chi connectivity index (χ2v) is 5.44. The summed E-state index contributed by atoms with van der Waals surface area (Å²) in [6.07, 6.45) is 1.29. The highest BCUT2D eigenvalue weighted by atomic mass is 16.5. The van der Waals surface area contributed by atoms with Gasteiger partial charge in [-0.3, -0.25) is 4.79 Å². The SMILES string of the molecule is COc1ccc(CCNC(=O)CCNc2ccccc2C)cc1. The van der Waals surface area contributed by atoms with Gasteiger partial charge in [0.15, 0.2) is 0 Å². The standard InChI is InChI=1S/C19H24N2O2/c1-15-5-3-4-6-18(15)20-14-12-19(22)21-13-11-16-7-9-17(23-2)10-8-16/h3-10,20H,11-14H2,1-2H3,(H,21,22). The molecule has 0 fully saturated rings. The zero-order chi connectivity index (χ0) is 16.5. The van der Waals surface area contributed by atoms with Crippen LogP contribution in [0.1, 0.15) is 17.5 Å². The monoisotopic (exact) mass is 312 g/mol. The van der Waals surface area contributed by atoms with Crippen molar-refractivity contribution in [3.8, 4) is 5.75 Å². The summed E-state index contributed by atoms with van der Waals surface area (Å²) >= 11 is 0. The highest BCUT2D eigenvalue weighted by molar-refractivity contribution is 5.76. The molecule has 0 aliphatic rings. The van der Waals surface area contributed by atoms with Crippen LogP contribution in [0.5, 0.6) is 5.75 Å². The number of nitrogens with one attached hydrogen (secondary N) is 2. The molecule has 2 aromatic rings. The highest BCUT2D eigenvalue weighted by Gasteiger charge is 2.02. The molecule has 0 aliphatic heterocycles. The Bertz CT molecular complexity index is 624. The molecule has 2 aromatic carbocycles. The van der Waals surface area contributed by atoms with Crippen molar-refractivity contribution in [2.75, 3.05) is 25.5 Å². The molecule has 0 saturated heterocycles. The van der Waals surface area contributed by atoms with Crippen LogP contribution >= 0.6 is 0 Å². The van der Waals surface area contributed by atoms with Gasteiger partial charge < -0.3 is 15.4 Å². The number of carbonyl (C=O) groups excluding carboxylic acids is 1. The van der Waals surface area contributed by atoms with Crippen molar-refractivity contribution in [3.63, 3.8) is 0 Å². The average Bonchev–Trinajstić information content (AvgIpc) is 2.57. The van der Waals surface area contributed by atoms with E-state index in [0.29, 0.717) is 19.5 Å². The molecule has 0 atom stereocenters. The van der Waals surface area contributed by atoms with Crippen LogP contribution in [-0.4, -0.2) is 26.1 Å². The third kappa shape index (κ3) is 5.66. The molecule has 0 aromatic heterocycles. The first-order chi connectivity index (χ1) is 11.2. The summed E-state index contributed by atoms with van der Waals surface area (Å²) in [5.41, 5.74) is 3.45. The molecular formula is C19H24N2O2. The van der Waals surface area contributed by atoms with Crippen LogP contribution in [0.25, 0.3) is 0 Å². The summed E-state index contributed by atoms with van der Waals surface area (Å²) in [4.78, 5) is 11.8. The fraction of sp³-hybridized carbons (Fsp3) is 0.316. The maximum Gasteiger partial charge on any atom is 0.221 e. The lowest BCUT2D eigenvalue weighted by atomic mass is 10.1. The number of methoxy groups -OCH3 is 1. The molecule has 0 bridgehead atoms. The number of ether oxygens (including phenoxy) is 1. The predicted molar refractivity (Wildman–Crippen MR) is 94.0 cm³/mol. The summed E-state index contributed by atoms with van der Waals surface area (Å²) in [7, 11) is 1.65. The van der Waals surface area contributed by atoms with E-state index in [1.807, 2.05) is 42.5 Å². The molecule has 122 valence electrons. The maximum absolute atomic E-state index is 11.8. The van der Waals surface area contributed by atoms with Gasteiger partial charge >= 0.3 is 0 Å². The van der Waals surface area contributed by atoms with Crippen molar-refractivity contribution in [1.29, 1.82) is 0 Å². The number of aryl methyl sites for hydroxylation is 1. The van der Waals surface area contributed by atoms with E-state index in [1.165, 1.54) is 11.1 Å². The minimum absolute atomic E-state index is 0.0691. The van der Waals surface area contributed by atoms with E-state index in [2.05, 4.69) is 23.6 Å². The van der Waals surface area contributed by atoms with Gasteiger partial charge in [0.2, 0.25) is 5.91 Å². The van der Waals surface area contributed by atoms with E-state index >= 15 is 0 Å². The van der Waals surface area contributed by atoms with Crippen LogP contribution < -0.4 is 15.4 Å². The number of anilines is 1. The molecule has 1 amide bonds. The van der Waals surface area contributed by atoms with Crippen molar-refractivity contribution in [3.05, 3.63) is 59.7 Å². The quantitative estimate of drug-likeness (QED) is 0.787. The molecule has 0 unspecified atom stereocenters. The smallest absolute Gasteiger partial charge is 0.221 e. The second kappa shape index (κ2) is 8.83. The summed E-state index contributed by atoms with van der Waals surface area (Å²) < 4.78 is 5.12. The number of benzene rings is 2. The zero-order valence-corrected chi connectivity index (χ0v) is 13.8. The predicted octanol–water partition coefficient (Wildman–Crippen LogP) is 3.16. The van der Waals surface area contributed by atoms with Crippen molar-refractivity contribution in [2.45, 2.75) is 19.8 Å². The van der Waals surface area contributed by atoms with Crippen LogP contribution in [0.2, 0.25) is 0 Å². The minimum atomic E-state index is 0.0691. The second-order valence-electron chi connectivity index (χ2n) is 5.44. The van der Waals surface area contributed by atoms with Gasteiger partial charge in [-0.15, -0.1) is 0 Å². The topological polar surface area (TPSA) is 50.4 Å². The lowest BCUT2D eigenvalue weighted by Crippen LogP contribution is -2.27. The average molecular weight is 312 g/mol. The van der Waals surface area contributed by atoms with E-state index < -0.39 is 0 Å². The highest BCUT2D eigenvalue weighted by Crippen LogP contribution is 2.13. The zero-order valence-electron chi connectivity index (χ0n) is 13.8. The van der Waals surface area contributed by atoms with Crippen LogP contribution in [-0.2, 0) is 11.2 Å². The normalized spacial score (nSPS) is 10.2. The Balaban J connectivity index is 1.64. The molecule has 2 N–H and O–H groups in total. The molecule has 0 saturated carbocycles. The van der Waals surface area contributed by atoms with Crippen LogP contribution in [0.4, 0.5) is 5.69 Å². The molecular weight excluding hydrogens is 288 g/mol. The van der Waals surface area contributed by atoms with E-state index in [-0.39, 0.29) is 5.91 Å². The van der Waals surface area contributed by atoms with Gasteiger partial charge in [-0.1, -0.05) is 30.3 Å². The Morgan fingerprint density at radius 1 is 1.04 bits per heavy atom. The number of carbonyl (C=O) groups is 1.